The fraction of sp³-hybridized carbons (Fsp3) is 0.517. The molecule has 4 rings (SSSR count). The van der Waals surface area contributed by atoms with Crippen LogP contribution in [-0.2, 0) is 17.5 Å². The molecule has 0 spiro atoms. The van der Waals surface area contributed by atoms with Gasteiger partial charge in [0.1, 0.15) is 0 Å². The monoisotopic (exact) mass is 527 g/mol. The summed E-state index contributed by atoms with van der Waals surface area (Å²) in [4.78, 5) is 19.3. The summed E-state index contributed by atoms with van der Waals surface area (Å²) in [5, 5.41) is 12.1. The van der Waals surface area contributed by atoms with Gasteiger partial charge in [0.2, 0.25) is 5.91 Å². The minimum atomic E-state index is -4.57. The van der Waals surface area contributed by atoms with E-state index in [1.54, 1.807) is 12.1 Å². The molecule has 0 bridgehead atoms. The molecule has 0 unspecified atom stereocenters. The molecule has 1 N–H and O–H groups in total. The summed E-state index contributed by atoms with van der Waals surface area (Å²) in [7, 11) is 0. The first-order chi connectivity index (χ1) is 18.2. The molecule has 0 aromatic heterocycles. The van der Waals surface area contributed by atoms with Crippen LogP contribution < -0.4 is 10.2 Å². The number of nitrogens with zero attached hydrogens (tertiary/aromatic N) is 4. The molecule has 0 saturated carbocycles. The van der Waals surface area contributed by atoms with Crippen LogP contribution in [0.15, 0.2) is 42.5 Å². The minimum Gasteiger partial charge on any atom is -0.371 e. The van der Waals surface area contributed by atoms with E-state index >= 15 is 0 Å². The van der Waals surface area contributed by atoms with Crippen LogP contribution in [0.4, 0.5) is 18.9 Å². The van der Waals surface area contributed by atoms with Gasteiger partial charge >= 0.3 is 6.18 Å². The number of nitriles is 1. The number of piperidine rings is 1. The van der Waals surface area contributed by atoms with Crippen molar-refractivity contribution in [1.29, 1.82) is 5.26 Å². The molecule has 0 aliphatic carbocycles. The van der Waals surface area contributed by atoms with Crippen LogP contribution in [0, 0.1) is 18.3 Å². The summed E-state index contributed by atoms with van der Waals surface area (Å²) in [6.07, 6.45) is -1.92. The second-order valence-corrected chi connectivity index (χ2v) is 10.4. The molecule has 0 atom stereocenters. The number of piperazine rings is 1. The van der Waals surface area contributed by atoms with Crippen LogP contribution in [0.5, 0.6) is 0 Å². The number of hydrogen-bond acceptors (Lipinski definition) is 5. The molecule has 2 aliphatic heterocycles. The number of carbonyl (C=O) groups is 1. The number of halogens is 3. The smallest absolute Gasteiger partial charge is 0.371 e. The van der Waals surface area contributed by atoms with Crippen molar-refractivity contribution < 1.29 is 18.0 Å². The maximum Gasteiger partial charge on any atom is 0.417 e. The summed E-state index contributed by atoms with van der Waals surface area (Å²) in [5.41, 5.74) is 1.81. The summed E-state index contributed by atoms with van der Waals surface area (Å²) < 4.78 is 39.9. The second kappa shape index (κ2) is 12.6. The Kier molecular flexibility index (Phi) is 9.29. The fourth-order valence-electron chi connectivity index (χ4n) is 5.23. The van der Waals surface area contributed by atoms with Crippen molar-refractivity contribution in [3.05, 3.63) is 64.7 Å². The summed E-state index contributed by atoms with van der Waals surface area (Å²) in [5.74, 6) is 0.0409. The first-order valence-electron chi connectivity index (χ1n) is 13.4. The van der Waals surface area contributed by atoms with Crippen LogP contribution in [0.2, 0.25) is 0 Å². The number of nitrogens with one attached hydrogen (secondary N) is 1. The largest absolute Gasteiger partial charge is 0.417 e. The maximum atomic E-state index is 13.3. The molecule has 2 fully saturated rings. The average molecular weight is 528 g/mol. The fourth-order valence-corrected chi connectivity index (χ4v) is 5.23. The topological polar surface area (TPSA) is 62.6 Å². The van der Waals surface area contributed by atoms with Crippen molar-refractivity contribution in [3.63, 3.8) is 0 Å². The second-order valence-electron chi connectivity index (χ2n) is 10.4. The van der Waals surface area contributed by atoms with Gasteiger partial charge in [0.15, 0.2) is 0 Å². The van der Waals surface area contributed by atoms with Crippen LogP contribution in [0.25, 0.3) is 0 Å². The Hall–Kier alpha value is -3.09. The van der Waals surface area contributed by atoms with E-state index in [0.29, 0.717) is 38.0 Å². The Labute approximate surface area is 223 Å². The van der Waals surface area contributed by atoms with Gasteiger partial charge in [-0.15, -0.1) is 0 Å². The third kappa shape index (κ3) is 7.71. The third-order valence-electron chi connectivity index (χ3n) is 7.52. The zero-order valence-electron chi connectivity index (χ0n) is 21.9. The van der Waals surface area contributed by atoms with E-state index in [0.717, 1.165) is 51.8 Å². The molecule has 9 heteroatoms. The zero-order chi connectivity index (χ0) is 27.1. The molecule has 2 saturated heterocycles. The van der Waals surface area contributed by atoms with E-state index in [9.17, 15) is 18.0 Å². The molecule has 1 amide bonds. The Morgan fingerprint density at radius 1 is 1.00 bits per heavy atom. The number of alkyl halides is 3. The standard InChI is InChI=1S/C29H36F3N5O/c1-22-4-6-23(7-5-22)21-36-17-15-35(16-18-36)12-2-3-28(38)34-25-10-13-37(14-11-25)26-9-8-24(20-33)27(19-26)29(30,31)32/h4-9,19,25H,2-3,10-18,21H2,1H3,(H,34,38). The predicted molar refractivity (Wildman–Crippen MR) is 142 cm³/mol. The highest BCUT2D eigenvalue weighted by molar-refractivity contribution is 5.76. The molecular formula is C29H36F3N5O. The van der Waals surface area contributed by atoms with E-state index in [2.05, 4.69) is 46.3 Å². The van der Waals surface area contributed by atoms with Crippen molar-refractivity contribution in [2.45, 2.75) is 51.4 Å². The molecule has 204 valence electrons. The quantitative estimate of drug-likeness (QED) is 0.545. The van der Waals surface area contributed by atoms with Gasteiger partial charge in [-0.2, -0.15) is 18.4 Å². The molecule has 2 aliphatic rings. The highest BCUT2D eigenvalue weighted by atomic mass is 19.4. The van der Waals surface area contributed by atoms with Gasteiger partial charge in [-0.25, -0.2) is 0 Å². The van der Waals surface area contributed by atoms with E-state index < -0.39 is 11.7 Å². The van der Waals surface area contributed by atoms with Crippen molar-refractivity contribution >= 4 is 11.6 Å². The first-order valence-corrected chi connectivity index (χ1v) is 13.4. The normalized spacial score (nSPS) is 17.8. The van der Waals surface area contributed by atoms with E-state index in [-0.39, 0.29) is 17.5 Å². The number of aryl methyl sites for hydroxylation is 1. The molecule has 6 nitrogen and oxygen atoms in total. The number of carbonyl (C=O) groups excluding carboxylic acids is 1. The highest BCUT2D eigenvalue weighted by Crippen LogP contribution is 2.35. The lowest BCUT2D eigenvalue weighted by Gasteiger charge is -2.35. The number of hydrogen-bond donors (Lipinski definition) is 1. The number of rotatable bonds is 8. The molecule has 2 heterocycles. The van der Waals surface area contributed by atoms with Crippen molar-refractivity contribution in [3.8, 4) is 6.07 Å². The molecule has 2 aromatic rings. The van der Waals surface area contributed by atoms with Crippen molar-refractivity contribution in [2.24, 2.45) is 0 Å². The van der Waals surface area contributed by atoms with Gasteiger partial charge < -0.3 is 15.1 Å². The molecule has 0 radical (unpaired) electrons. The van der Waals surface area contributed by atoms with Crippen LogP contribution in [0.3, 0.4) is 0 Å². The van der Waals surface area contributed by atoms with Crippen LogP contribution >= 0.6 is 0 Å². The third-order valence-corrected chi connectivity index (χ3v) is 7.52. The van der Waals surface area contributed by atoms with Gasteiger partial charge in [0.05, 0.1) is 17.2 Å². The van der Waals surface area contributed by atoms with Crippen LogP contribution in [-0.4, -0.2) is 67.6 Å². The zero-order valence-corrected chi connectivity index (χ0v) is 21.9. The van der Waals surface area contributed by atoms with Gasteiger partial charge in [0, 0.05) is 64.0 Å². The lowest BCUT2D eigenvalue weighted by Crippen LogP contribution is -2.46. The highest BCUT2D eigenvalue weighted by Gasteiger charge is 2.34. The van der Waals surface area contributed by atoms with E-state index in [4.69, 9.17) is 5.26 Å². The first kappa shape index (κ1) is 27.9. The van der Waals surface area contributed by atoms with E-state index in [1.807, 2.05) is 4.90 Å². The minimum absolute atomic E-state index is 0.0320. The Balaban J connectivity index is 1.13. The number of amides is 1. The van der Waals surface area contributed by atoms with Gasteiger partial charge in [0.25, 0.3) is 0 Å². The van der Waals surface area contributed by atoms with Gasteiger partial charge in [-0.3, -0.25) is 9.69 Å². The summed E-state index contributed by atoms with van der Waals surface area (Å²) in [6, 6.07) is 14.2. The van der Waals surface area contributed by atoms with Gasteiger partial charge in [-0.1, -0.05) is 29.8 Å². The van der Waals surface area contributed by atoms with Crippen molar-refractivity contribution in [2.75, 3.05) is 50.7 Å². The summed E-state index contributed by atoms with van der Waals surface area (Å²) >= 11 is 0. The SMILES string of the molecule is Cc1ccc(CN2CCN(CCCC(=O)NC3CCN(c4ccc(C#N)c(C(F)(F)F)c4)CC3)CC2)cc1. The Morgan fingerprint density at radius 3 is 2.29 bits per heavy atom. The number of anilines is 1. The molecular weight excluding hydrogens is 491 g/mol. The average Bonchev–Trinajstić information content (AvgIpc) is 2.90. The molecule has 2 aromatic carbocycles. The Bertz CT molecular complexity index is 1110. The lowest BCUT2D eigenvalue weighted by molar-refractivity contribution is -0.137. The van der Waals surface area contributed by atoms with E-state index in [1.165, 1.54) is 17.2 Å². The van der Waals surface area contributed by atoms with Crippen LogP contribution in [0.1, 0.15) is 47.9 Å². The Morgan fingerprint density at radius 2 is 1.66 bits per heavy atom. The predicted octanol–water partition coefficient (Wildman–Crippen LogP) is 4.57. The number of benzene rings is 2. The summed E-state index contributed by atoms with van der Waals surface area (Å²) in [6.45, 7) is 9.18. The van der Waals surface area contributed by atoms with Crippen molar-refractivity contribution in [1.82, 2.24) is 15.1 Å². The maximum absolute atomic E-state index is 13.3. The van der Waals surface area contributed by atoms with Gasteiger partial charge in [-0.05, 0) is 56.5 Å². The lowest BCUT2D eigenvalue weighted by atomic mass is 10.0. The molecule has 38 heavy (non-hydrogen) atoms.